The number of carbonyl (C=O) groups is 2. The minimum Gasteiger partial charge on any atom is -0.493 e. The third-order valence-electron chi connectivity index (χ3n) is 5.16. The molecular formula is C28H22ClFN2O3. The van der Waals surface area contributed by atoms with Gasteiger partial charge in [0.25, 0.3) is 11.8 Å². The topological polar surface area (TPSA) is 67.4 Å². The first kappa shape index (κ1) is 24.0. The maximum absolute atomic E-state index is 13.3. The number of hydrogen-bond acceptors (Lipinski definition) is 3. The maximum atomic E-state index is 13.3. The first-order valence-electron chi connectivity index (χ1n) is 10.9. The van der Waals surface area contributed by atoms with Crippen LogP contribution in [0.3, 0.4) is 0 Å². The van der Waals surface area contributed by atoms with E-state index in [4.69, 9.17) is 16.3 Å². The van der Waals surface area contributed by atoms with Crippen LogP contribution >= 0.6 is 11.6 Å². The number of anilines is 2. The summed E-state index contributed by atoms with van der Waals surface area (Å²) in [4.78, 5) is 25.4. The molecule has 2 N–H and O–H groups in total. The molecule has 0 aliphatic rings. The predicted octanol–water partition coefficient (Wildman–Crippen LogP) is 6.61. The van der Waals surface area contributed by atoms with Crippen molar-refractivity contribution in [3.05, 3.63) is 125 Å². The second kappa shape index (κ2) is 11.3. The highest BCUT2D eigenvalue weighted by Crippen LogP contribution is 2.21. The van der Waals surface area contributed by atoms with E-state index in [1.165, 1.54) is 23.8 Å². The largest absolute Gasteiger partial charge is 0.493 e. The minimum atomic E-state index is -0.569. The second-order valence-corrected chi connectivity index (χ2v) is 8.14. The number of benzene rings is 4. The summed E-state index contributed by atoms with van der Waals surface area (Å²) in [5, 5.41) is 5.37. The molecule has 0 heterocycles. The van der Waals surface area contributed by atoms with Crippen LogP contribution in [0.1, 0.15) is 26.3 Å². The van der Waals surface area contributed by atoms with Crippen LogP contribution in [0.4, 0.5) is 15.8 Å². The Morgan fingerprint density at radius 2 is 1.40 bits per heavy atom. The zero-order chi connectivity index (χ0) is 24.6. The van der Waals surface area contributed by atoms with Gasteiger partial charge in [-0.2, -0.15) is 0 Å². The Morgan fingerprint density at radius 3 is 2.11 bits per heavy atom. The van der Waals surface area contributed by atoms with Crippen molar-refractivity contribution < 1.29 is 18.7 Å². The van der Waals surface area contributed by atoms with E-state index >= 15 is 0 Å². The van der Waals surface area contributed by atoms with E-state index in [0.29, 0.717) is 34.9 Å². The quantitative estimate of drug-likeness (QED) is 0.293. The highest BCUT2D eigenvalue weighted by atomic mass is 35.5. The molecular weight excluding hydrogens is 467 g/mol. The molecule has 2 amide bonds. The van der Waals surface area contributed by atoms with Gasteiger partial charge < -0.3 is 15.4 Å². The molecule has 0 aliphatic heterocycles. The molecule has 4 rings (SSSR count). The van der Waals surface area contributed by atoms with Crippen molar-refractivity contribution in [3.8, 4) is 5.75 Å². The van der Waals surface area contributed by atoms with Gasteiger partial charge in [0.05, 0.1) is 11.6 Å². The molecule has 0 atom stereocenters. The molecule has 0 saturated heterocycles. The molecule has 0 aliphatic carbocycles. The van der Waals surface area contributed by atoms with Crippen molar-refractivity contribution >= 4 is 34.8 Å². The van der Waals surface area contributed by atoms with E-state index in [1.54, 1.807) is 48.5 Å². The lowest BCUT2D eigenvalue weighted by molar-refractivity contribution is 0.101. The third-order valence-corrected chi connectivity index (χ3v) is 5.45. The Morgan fingerprint density at radius 1 is 0.743 bits per heavy atom. The molecule has 0 aromatic heterocycles. The summed E-state index contributed by atoms with van der Waals surface area (Å²) in [5.41, 5.74) is 2.74. The molecule has 0 unspecified atom stereocenters. The summed E-state index contributed by atoms with van der Waals surface area (Å²) >= 11 is 5.77. The summed E-state index contributed by atoms with van der Waals surface area (Å²) in [6.45, 7) is 0.492. The summed E-state index contributed by atoms with van der Waals surface area (Å²) in [6.07, 6.45) is 0.760. The summed E-state index contributed by atoms with van der Waals surface area (Å²) in [5.74, 6) is -0.723. The zero-order valence-corrected chi connectivity index (χ0v) is 19.4. The minimum absolute atomic E-state index is 0.0879. The fourth-order valence-electron chi connectivity index (χ4n) is 3.38. The Labute approximate surface area is 207 Å². The lowest BCUT2D eigenvalue weighted by Crippen LogP contribution is -2.15. The van der Waals surface area contributed by atoms with Gasteiger partial charge in [-0.25, -0.2) is 4.39 Å². The van der Waals surface area contributed by atoms with Gasteiger partial charge in [-0.05, 0) is 60.2 Å². The van der Waals surface area contributed by atoms with Crippen LogP contribution in [0.25, 0.3) is 0 Å². The lowest BCUT2D eigenvalue weighted by atomic mass is 10.1. The van der Waals surface area contributed by atoms with Gasteiger partial charge in [-0.1, -0.05) is 54.1 Å². The Kier molecular flexibility index (Phi) is 7.75. The molecule has 0 radical (unpaired) electrons. The van der Waals surface area contributed by atoms with Crippen LogP contribution in [-0.2, 0) is 6.42 Å². The van der Waals surface area contributed by atoms with Crippen molar-refractivity contribution in [1.29, 1.82) is 0 Å². The van der Waals surface area contributed by atoms with Gasteiger partial charge in [-0.15, -0.1) is 0 Å². The van der Waals surface area contributed by atoms with Gasteiger partial charge >= 0.3 is 0 Å². The van der Waals surface area contributed by atoms with Crippen molar-refractivity contribution in [2.24, 2.45) is 0 Å². The van der Waals surface area contributed by atoms with E-state index in [0.717, 1.165) is 6.42 Å². The fourth-order valence-corrected chi connectivity index (χ4v) is 3.56. The number of rotatable bonds is 8. The Balaban J connectivity index is 1.37. The standard InChI is InChI=1S/C28H22ClFN2O3/c29-25-18-23(12-13-26(25)30)32-27(33)20-8-4-10-22(16-20)31-28(34)21-9-5-11-24(17-21)35-15-14-19-6-2-1-3-7-19/h1-13,16-18H,14-15H2,(H,31,34)(H,32,33). The lowest BCUT2D eigenvalue weighted by Gasteiger charge is -2.10. The van der Waals surface area contributed by atoms with Gasteiger partial charge in [0.1, 0.15) is 11.6 Å². The number of hydrogen-bond donors (Lipinski definition) is 2. The molecule has 0 spiro atoms. The monoisotopic (exact) mass is 488 g/mol. The van der Waals surface area contributed by atoms with E-state index in [9.17, 15) is 14.0 Å². The van der Waals surface area contributed by atoms with E-state index in [-0.39, 0.29) is 10.9 Å². The molecule has 35 heavy (non-hydrogen) atoms. The van der Waals surface area contributed by atoms with Crippen molar-refractivity contribution in [2.45, 2.75) is 6.42 Å². The first-order chi connectivity index (χ1) is 17.0. The molecule has 5 nitrogen and oxygen atoms in total. The maximum Gasteiger partial charge on any atom is 0.255 e. The third kappa shape index (κ3) is 6.68. The van der Waals surface area contributed by atoms with E-state index in [1.807, 2.05) is 30.3 Å². The van der Waals surface area contributed by atoms with E-state index < -0.39 is 11.7 Å². The Bertz CT molecular complexity index is 1350. The van der Waals surface area contributed by atoms with Crippen molar-refractivity contribution in [2.75, 3.05) is 17.2 Å². The second-order valence-electron chi connectivity index (χ2n) is 7.73. The fraction of sp³-hybridized carbons (Fsp3) is 0.0714. The normalized spacial score (nSPS) is 10.5. The number of ether oxygens (including phenoxy) is 1. The summed E-state index contributed by atoms with van der Waals surface area (Å²) in [7, 11) is 0. The summed E-state index contributed by atoms with van der Waals surface area (Å²) < 4.78 is 19.1. The molecule has 0 bridgehead atoms. The molecule has 7 heteroatoms. The highest BCUT2D eigenvalue weighted by Gasteiger charge is 2.11. The molecule has 4 aromatic rings. The summed E-state index contributed by atoms with van der Waals surface area (Å²) in [6, 6.07) is 27.4. The number of amides is 2. The van der Waals surface area contributed by atoms with Crippen LogP contribution in [0, 0.1) is 5.82 Å². The van der Waals surface area contributed by atoms with Gasteiger partial charge in [0.2, 0.25) is 0 Å². The average Bonchev–Trinajstić information content (AvgIpc) is 2.87. The molecule has 0 saturated carbocycles. The van der Waals surface area contributed by atoms with Crippen molar-refractivity contribution in [3.63, 3.8) is 0 Å². The molecule has 0 fully saturated rings. The molecule has 176 valence electrons. The predicted molar refractivity (Wildman–Crippen MR) is 136 cm³/mol. The van der Waals surface area contributed by atoms with E-state index in [2.05, 4.69) is 10.6 Å². The van der Waals surface area contributed by atoms with Crippen LogP contribution in [0.15, 0.2) is 97.1 Å². The zero-order valence-electron chi connectivity index (χ0n) is 18.6. The van der Waals surface area contributed by atoms with Crippen LogP contribution in [0.5, 0.6) is 5.75 Å². The van der Waals surface area contributed by atoms with Crippen LogP contribution in [-0.4, -0.2) is 18.4 Å². The van der Waals surface area contributed by atoms with Crippen LogP contribution in [0.2, 0.25) is 5.02 Å². The van der Waals surface area contributed by atoms with Crippen LogP contribution < -0.4 is 15.4 Å². The molecule has 4 aromatic carbocycles. The number of halogens is 2. The average molecular weight is 489 g/mol. The van der Waals surface area contributed by atoms with Gasteiger partial charge in [-0.3, -0.25) is 9.59 Å². The highest BCUT2D eigenvalue weighted by molar-refractivity contribution is 6.31. The smallest absolute Gasteiger partial charge is 0.255 e. The first-order valence-corrected chi connectivity index (χ1v) is 11.3. The van der Waals surface area contributed by atoms with Gasteiger partial charge in [0.15, 0.2) is 0 Å². The Hall–Kier alpha value is -4.16. The van der Waals surface area contributed by atoms with Gasteiger partial charge in [0, 0.05) is 28.9 Å². The number of nitrogens with one attached hydrogen (secondary N) is 2. The SMILES string of the molecule is O=C(Nc1ccc(F)c(Cl)c1)c1cccc(NC(=O)c2cccc(OCCc3ccccc3)c2)c1. The number of carbonyl (C=O) groups excluding carboxylic acids is 2. The van der Waals surface area contributed by atoms with Crippen molar-refractivity contribution in [1.82, 2.24) is 0 Å².